The van der Waals surface area contributed by atoms with Crippen LogP contribution in [0.2, 0.25) is 0 Å². The van der Waals surface area contributed by atoms with Gasteiger partial charge in [0, 0.05) is 25.4 Å². The molecule has 4 nitrogen and oxygen atoms in total. The smallest absolute Gasteiger partial charge is 0.229 e. The second-order valence-electron chi connectivity index (χ2n) is 5.46. The molecule has 0 saturated carbocycles. The van der Waals surface area contributed by atoms with Crippen LogP contribution in [0.3, 0.4) is 0 Å². The number of nitrogens with zero attached hydrogens (tertiary/aromatic N) is 1. The fourth-order valence-electron chi connectivity index (χ4n) is 2.11. The van der Waals surface area contributed by atoms with Crippen molar-refractivity contribution in [1.29, 1.82) is 0 Å². The van der Waals surface area contributed by atoms with Crippen LogP contribution in [0.4, 0.5) is 0 Å². The number of hydrogen-bond donors (Lipinski definition) is 1. The molecule has 0 aliphatic carbocycles. The van der Waals surface area contributed by atoms with E-state index < -0.39 is 0 Å². The lowest BCUT2D eigenvalue weighted by molar-refractivity contribution is -0.152. The summed E-state index contributed by atoms with van der Waals surface area (Å²) in [7, 11) is 0. The van der Waals surface area contributed by atoms with Crippen molar-refractivity contribution in [3.63, 3.8) is 0 Å². The van der Waals surface area contributed by atoms with E-state index in [1.54, 1.807) is 0 Å². The maximum atomic E-state index is 11.8. The number of carbonyl (C=O) groups excluding carboxylic acids is 2. The molecule has 1 heterocycles. The van der Waals surface area contributed by atoms with Crippen LogP contribution >= 0.6 is 0 Å². The molecule has 1 aliphatic rings. The van der Waals surface area contributed by atoms with Gasteiger partial charge in [-0.3, -0.25) is 14.5 Å². The number of imide groups is 1. The SMILES string of the molecule is CCCC(N)CN1C(=O)CC(C)(C)CC1=O. The number of hydrogen-bond acceptors (Lipinski definition) is 3. The molecular formula is C12H22N2O2. The van der Waals surface area contributed by atoms with Crippen molar-refractivity contribution < 1.29 is 9.59 Å². The van der Waals surface area contributed by atoms with Crippen LogP contribution in [-0.2, 0) is 9.59 Å². The lowest BCUT2D eigenvalue weighted by Crippen LogP contribution is -2.50. The Bertz CT molecular complexity index is 267. The zero-order valence-electron chi connectivity index (χ0n) is 10.5. The maximum Gasteiger partial charge on any atom is 0.229 e. The topological polar surface area (TPSA) is 63.4 Å². The van der Waals surface area contributed by atoms with Crippen LogP contribution in [0, 0.1) is 5.41 Å². The van der Waals surface area contributed by atoms with Crippen molar-refractivity contribution in [3.8, 4) is 0 Å². The van der Waals surface area contributed by atoms with Gasteiger partial charge in [0.2, 0.25) is 11.8 Å². The Morgan fingerprint density at radius 1 is 1.31 bits per heavy atom. The summed E-state index contributed by atoms with van der Waals surface area (Å²) in [5, 5.41) is 0. The summed E-state index contributed by atoms with van der Waals surface area (Å²) in [5.41, 5.74) is 5.67. The van der Waals surface area contributed by atoms with Gasteiger partial charge in [-0.2, -0.15) is 0 Å². The Hall–Kier alpha value is -0.900. The first-order chi connectivity index (χ1) is 7.35. The average molecular weight is 226 g/mol. The molecule has 1 aliphatic heterocycles. The molecule has 1 atom stereocenters. The highest BCUT2D eigenvalue weighted by Crippen LogP contribution is 2.31. The summed E-state index contributed by atoms with van der Waals surface area (Å²) >= 11 is 0. The van der Waals surface area contributed by atoms with Crippen molar-refractivity contribution in [2.75, 3.05) is 6.54 Å². The van der Waals surface area contributed by atoms with Crippen LogP contribution in [0.15, 0.2) is 0 Å². The molecule has 1 rings (SSSR count). The number of carbonyl (C=O) groups is 2. The quantitative estimate of drug-likeness (QED) is 0.735. The molecule has 0 aromatic carbocycles. The molecule has 16 heavy (non-hydrogen) atoms. The first-order valence-corrected chi connectivity index (χ1v) is 5.94. The number of nitrogens with two attached hydrogens (primary N) is 1. The Morgan fingerprint density at radius 2 is 1.81 bits per heavy atom. The van der Waals surface area contributed by atoms with Gasteiger partial charge in [-0.1, -0.05) is 27.2 Å². The second kappa shape index (κ2) is 4.95. The van der Waals surface area contributed by atoms with Crippen molar-refractivity contribution in [3.05, 3.63) is 0 Å². The van der Waals surface area contributed by atoms with Gasteiger partial charge in [0.1, 0.15) is 0 Å². The molecule has 2 N–H and O–H groups in total. The molecule has 0 aromatic rings. The van der Waals surface area contributed by atoms with Gasteiger partial charge in [-0.05, 0) is 11.8 Å². The predicted molar refractivity (Wildman–Crippen MR) is 62.6 cm³/mol. The van der Waals surface area contributed by atoms with Crippen LogP contribution in [0.5, 0.6) is 0 Å². The summed E-state index contributed by atoms with van der Waals surface area (Å²) in [6, 6.07) is -0.0842. The first kappa shape index (κ1) is 13.2. The standard InChI is InChI=1S/C12H22N2O2/c1-4-5-9(13)8-14-10(15)6-12(2,3)7-11(14)16/h9H,4-8,13H2,1-3H3. The van der Waals surface area contributed by atoms with E-state index >= 15 is 0 Å². The molecule has 1 saturated heterocycles. The van der Waals surface area contributed by atoms with Crippen LogP contribution < -0.4 is 5.73 Å². The molecule has 1 unspecified atom stereocenters. The van der Waals surface area contributed by atoms with Gasteiger partial charge < -0.3 is 5.73 Å². The third-order valence-electron chi connectivity index (χ3n) is 2.94. The number of likely N-dealkylation sites (tertiary alicyclic amines) is 1. The minimum absolute atomic E-state index is 0.0761. The Balaban J connectivity index is 2.61. The van der Waals surface area contributed by atoms with Crippen LogP contribution in [-0.4, -0.2) is 29.3 Å². The van der Waals surface area contributed by atoms with Gasteiger partial charge in [-0.25, -0.2) is 0 Å². The molecule has 92 valence electrons. The van der Waals surface area contributed by atoms with Crippen molar-refractivity contribution in [2.24, 2.45) is 11.1 Å². The Morgan fingerprint density at radius 3 is 2.25 bits per heavy atom. The second-order valence-corrected chi connectivity index (χ2v) is 5.46. The molecule has 0 bridgehead atoms. The summed E-state index contributed by atoms with van der Waals surface area (Å²) in [4.78, 5) is 25.0. The fraction of sp³-hybridized carbons (Fsp3) is 0.833. The molecular weight excluding hydrogens is 204 g/mol. The van der Waals surface area contributed by atoms with Crippen molar-refractivity contribution in [1.82, 2.24) is 4.90 Å². The highest BCUT2D eigenvalue weighted by molar-refractivity contribution is 5.98. The maximum absolute atomic E-state index is 11.8. The van der Waals surface area contributed by atoms with Gasteiger partial charge in [-0.15, -0.1) is 0 Å². The zero-order valence-corrected chi connectivity index (χ0v) is 10.5. The van der Waals surface area contributed by atoms with E-state index in [4.69, 9.17) is 5.73 Å². The highest BCUT2D eigenvalue weighted by Gasteiger charge is 2.37. The van der Waals surface area contributed by atoms with Crippen molar-refractivity contribution >= 4 is 11.8 Å². The van der Waals surface area contributed by atoms with Gasteiger partial charge in [0.05, 0.1) is 0 Å². The van der Waals surface area contributed by atoms with E-state index in [0.29, 0.717) is 19.4 Å². The third-order valence-corrected chi connectivity index (χ3v) is 2.94. The van der Waals surface area contributed by atoms with Crippen molar-refractivity contribution in [2.45, 2.75) is 52.5 Å². The summed E-state index contributed by atoms with van der Waals surface area (Å²) < 4.78 is 0. The largest absolute Gasteiger partial charge is 0.326 e. The normalized spacial score (nSPS) is 22.4. The molecule has 0 radical (unpaired) electrons. The summed E-state index contributed by atoms with van der Waals surface area (Å²) in [6.45, 7) is 6.32. The van der Waals surface area contributed by atoms with E-state index in [1.807, 2.05) is 20.8 Å². The third kappa shape index (κ3) is 3.30. The molecule has 0 aromatic heterocycles. The number of rotatable bonds is 4. The molecule has 0 spiro atoms. The van der Waals surface area contributed by atoms with E-state index in [0.717, 1.165) is 12.8 Å². The number of amides is 2. The monoisotopic (exact) mass is 226 g/mol. The van der Waals surface area contributed by atoms with E-state index in [1.165, 1.54) is 4.90 Å². The van der Waals surface area contributed by atoms with E-state index in [9.17, 15) is 9.59 Å². The Kier molecular flexibility index (Phi) is 4.08. The fourth-order valence-corrected chi connectivity index (χ4v) is 2.11. The minimum atomic E-state index is -0.195. The average Bonchev–Trinajstić information content (AvgIpc) is 2.10. The zero-order chi connectivity index (χ0) is 12.3. The summed E-state index contributed by atoms with van der Waals surface area (Å²) in [5.74, 6) is -0.152. The number of piperidine rings is 1. The van der Waals surface area contributed by atoms with E-state index in [-0.39, 0.29) is 23.3 Å². The van der Waals surface area contributed by atoms with Gasteiger partial charge in [0.15, 0.2) is 0 Å². The molecule has 2 amide bonds. The lowest BCUT2D eigenvalue weighted by Gasteiger charge is -2.35. The lowest BCUT2D eigenvalue weighted by atomic mass is 9.81. The van der Waals surface area contributed by atoms with Crippen LogP contribution in [0.25, 0.3) is 0 Å². The predicted octanol–water partition coefficient (Wildman–Crippen LogP) is 1.29. The molecule has 1 fully saturated rings. The van der Waals surface area contributed by atoms with Gasteiger partial charge >= 0.3 is 0 Å². The first-order valence-electron chi connectivity index (χ1n) is 5.94. The van der Waals surface area contributed by atoms with E-state index in [2.05, 4.69) is 0 Å². The Labute approximate surface area is 97.2 Å². The minimum Gasteiger partial charge on any atom is -0.326 e. The van der Waals surface area contributed by atoms with Crippen LogP contribution in [0.1, 0.15) is 46.5 Å². The van der Waals surface area contributed by atoms with Gasteiger partial charge in [0.25, 0.3) is 0 Å². The summed E-state index contributed by atoms with van der Waals surface area (Å²) in [6.07, 6.45) is 2.71. The molecule has 4 heteroatoms. The highest BCUT2D eigenvalue weighted by atomic mass is 16.2.